The SMILES string of the molecule is CC(C(=O)O)C1Cc2c(Br)cccc2S1(=O)=O. The van der Waals surface area contributed by atoms with Crippen LogP contribution in [0.2, 0.25) is 0 Å². The minimum Gasteiger partial charge on any atom is -0.481 e. The zero-order valence-corrected chi connectivity index (χ0v) is 11.5. The Labute approximate surface area is 108 Å². The van der Waals surface area contributed by atoms with Gasteiger partial charge in [-0.2, -0.15) is 0 Å². The van der Waals surface area contributed by atoms with Gasteiger partial charge in [0.15, 0.2) is 9.84 Å². The Balaban J connectivity index is 2.54. The van der Waals surface area contributed by atoms with E-state index < -0.39 is 27.0 Å². The van der Waals surface area contributed by atoms with Gasteiger partial charge in [0.05, 0.1) is 16.1 Å². The highest BCUT2D eigenvalue weighted by Gasteiger charge is 2.43. The highest BCUT2D eigenvalue weighted by atomic mass is 79.9. The van der Waals surface area contributed by atoms with E-state index in [1.807, 2.05) is 0 Å². The van der Waals surface area contributed by atoms with Crippen molar-refractivity contribution in [2.45, 2.75) is 23.5 Å². The normalized spacial score (nSPS) is 23.1. The van der Waals surface area contributed by atoms with E-state index >= 15 is 0 Å². The van der Waals surface area contributed by atoms with Crippen molar-refractivity contribution in [3.63, 3.8) is 0 Å². The van der Waals surface area contributed by atoms with Gasteiger partial charge < -0.3 is 5.11 Å². The lowest BCUT2D eigenvalue weighted by Crippen LogP contribution is -2.30. The fourth-order valence-electron chi connectivity index (χ4n) is 2.08. The van der Waals surface area contributed by atoms with Gasteiger partial charge in [-0.05, 0) is 24.1 Å². The Morgan fingerprint density at radius 3 is 2.71 bits per heavy atom. The van der Waals surface area contributed by atoms with Crippen molar-refractivity contribution in [1.82, 2.24) is 0 Å². The predicted octanol–water partition coefficient (Wildman–Crippen LogP) is 1.87. The molecule has 2 rings (SSSR count). The van der Waals surface area contributed by atoms with Crippen LogP contribution in [0.5, 0.6) is 0 Å². The zero-order valence-electron chi connectivity index (χ0n) is 9.05. The molecule has 0 saturated carbocycles. The van der Waals surface area contributed by atoms with Gasteiger partial charge >= 0.3 is 5.97 Å². The Morgan fingerprint density at radius 2 is 2.18 bits per heavy atom. The molecule has 1 aliphatic heterocycles. The maximum absolute atomic E-state index is 12.2. The average Bonchev–Trinajstić information content (AvgIpc) is 2.51. The van der Waals surface area contributed by atoms with Crippen molar-refractivity contribution >= 4 is 31.7 Å². The molecular weight excluding hydrogens is 308 g/mol. The first-order valence-corrected chi connectivity index (χ1v) is 7.43. The molecule has 0 aromatic heterocycles. The number of carboxylic acids is 1. The minimum absolute atomic E-state index is 0.255. The van der Waals surface area contributed by atoms with Crippen molar-refractivity contribution in [2.75, 3.05) is 0 Å². The van der Waals surface area contributed by atoms with Gasteiger partial charge in [-0.15, -0.1) is 0 Å². The first-order valence-electron chi connectivity index (χ1n) is 5.10. The van der Waals surface area contributed by atoms with Gasteiger partial charge in [0.2, 0.25) is 0 Å². The van der Waals surface area contributed by atoms with E-state index in [0.29, 0.717) is 5.56 Å². The van der Waals surface area contributed by atoms with Crippen LogP contribution in [-0.4, -0.2) is 24.7 Å². The van der Waals surface area contributed by atoms with E-state index in [1.54, 1.807) is 12.1 Å². The van der Waals surface area contributed by atoms with Crippen LogP contribution in [-0.2, 0) is 21.1 Å². The fraction of sp³-hybridized carbons (Fsp3) is 0.364. The number of carboxylic acid groups (broad SMARTS) is 1. The largest absolute Gasteiger partial charge is 0.481 e. The molecule has 0 fully saturated rings. The van der Waals surface area contributed by atoms with Crippen LogP contribution in [0.3, 0.4) is 0 Å². The van der Waals surface area contributed by atoms with Crippen LogP contribution < -0.4 is 0 Å². The number of aliphatic carboxylic acids is 1. The highest BCUT2D eigenvalue weighted by molar-refractivity contribution is 9.10. The van der Waals surface area contributed by atoms with Crippen molar-refractivity contribution in [1.29, 1.82) is 0 Å². The number of rotatable bonds is 2. The van der Waals surface area contributed by atoms with E-state index in [-0.39, 0.29) is 11.3 Å². The molecule has 2 unspecified atom stereocenters. The molecule has 17 heavy (non-hydrogen) atoms. The van der Waals surface area contributed by atoms with Gasteiger partial charge in [-0.1, -0.05) is 28.9 Å². The Kier molecular flexibility index (Phi) is 3.03. The van der Waals surface area contributed by atoms with E-state index in [0.717, 1.165) is 4.47 Å². The van der Waals surface area contributed by atoms with Gasteiger partial charge in [0, 0.05) is 4.47 Å². The van der Waals surface area contributed by atoms with Crippen LogP contribution >= 0.6 is 15.9 Å². The molecule has 0 aliphatic carbocycles. The molecule has 1 aromatic rings. The van der Waals surface area contributed by atoms with Crippen molar-refractivity contribution in [3.05, 3.63) is 28.2 Å². The van der Waals surface area contributed by atoms with Gasteiger partial charge in [0.1, 0.15) is 0 Å². The van der Waals surface area contributed by atoms with E-state index in [2.05, 4.69) is 15.9 Å². The summed E-state index contributed by atoms with van der Waals surface area (Å²) in [5.41, 5.74) is 0.686. The van der Waals surface area contributed by atoms with Crippen molar-refractivity contribution in [2.24, 2.45) is 5.92 Å². The summed E-state index contributed by atoms with van der Waals surface area (Å²) < 4.78 is 25.1. The molecular formula is C11H11BrO4S. The standard InChI is InChI=1S/C11H11BrO4S/c1-6(11(13)14)10-5-7-8(12)3-2-4-9(7)17(10,15)16/h2-4,6,10H,5H2,1H3,(H,13,14). The molecule has 1 N–H and O–H groups in total. The second-order valence-corrected chi connectivity index (χ2v) is 7.12. The first kappa shape index (κ1) is 12.6. The third-order valence-electron chi connectivity index (χ3n) is 3.13. The van der Waals surface area contributed by atoms with E-state index in [9.17, 15) is 13.2 Å². The third kappa shape index (κ3) is 1.89. The first-order chi connectivity index (χ1) is 7.85. The van der Waals surface area contributed by atoms with Crippen LogP contribution in [0, 0.1) is 5.92 Å². The summed E-state index contributed by atoms with van der Waals surface area (Å²) in [6.45, 7) is 1.43. The topological polar surface area (TPSA) is 71.4 Å². The van der Waals surface area contributed by atoms with Gasteiger partial charge in [-0.25, -0.2) is 8.42 Å². The zero-order chi connectivity index (χ0) is 12.8. The Hall–Kier alpha value is -0.880. The maximum Gasteiger partial charge on any atom is 0.307 e. The smallest absolute Gasteiger partial charge is 0.307 e. The van der Waals surface area contributed by atoms with Crippen LogP contribution in [0.25, 0.3) is 0 Å². The van der Waals surface area contributed by atoms with Gasteiger partial charge in [0.25, 0.3) is 0 Å². The van der Waals surface area contributed by atoms with Crippen LogP contribution in [0.4, 0.5) is 0 Å². The van der Waals surface area contributed by atoms with Crippen molar-refractivity contribution in [3.8, 4) is 0 Å². The van der Waals surface area contributed by atoms with E-state index in [4.69, 9.17) is 5.11 Å². The molecule has 6 heteroatoms. The Morgan fingerprint density at radius 1 is 1.53 bits per heavy atom. The molecule has 2 atom stereocenters. The number of benzene rings is 1. The molecule has 0 radical (unpaired) electrons. The van der Waals surface area contributed by atoms with Crippen molar-refractivity contribution < 1.29 is 18.3 Å². The number of hydrogen-bond donors (Lipinski definition) is 1. The molecule has 1 aromatic carbocycles. The summed E-state index contributed by atoms with van der Waals surface area (Å²) in [5, 5.41) is 8.08. The lowest BCUT2D eigenvalue weighted by molar-refractivity contribution is -0.141. The number of hydrogen-bond acceptors (Lipinski definition) is 3. The summed E-state index contributed by atoms with van der Waals surface area (Å²) in [7, 11) is -3.52. The number of halogens is 1. The Bertz CT molecular complexity index is 579. The summed E-state index contributed by atoms with van der Waals surface area (Å²) >= 11 is 3.30. The maximum atomic E-state index is 12.2. The quantitative estimate of drug-likeness (QED) is 0.903. The highest BCUT2D eigenvalue weighted by Crippen LogP contribution is 2.38. The molecule has 1 heterocycles. The fourth-order valence-corrected chi connectivity index (χ4v) is 4.91. The van der Waals surface area contributed by atoms with Crippen LogP contribution in [0.15, 0.2) is 27.6 Å². The lowest BCUT2D eigenvalue weighted by Gasteiger charge is -2.13. The third-order valence-corrected chi connectivity index (χ3v) is 6.24. The second-order valence-electron chi connectivity index (χ2n) is 4.13. The molecule has 4 nitrogen and oxygen atoms in total. The molecule has 0 saturated heterocycles. The molecule has 1 aliphatic rings. The second kappa shape index (κ2) is 4.10. The number of sulfone groups is 1. The summed E-state index contributed by atoms with van der Waals surface area (Å²) in [6, 6.07) is 4.94. The molecule has 0 spiro atoms. The number of carbonyl (C=O) groups is 1. The summed E-state index contributed by atoms with van der Waals surface area (Å²) in [5.74, 6) is -1.98. The summed E-state index contributed by atoms with van der Waals surface area (Å²) in [6.07, 6.45) is 0.257. The van der Waals surface area contributed by atoms with E-state index in [1.165, 1.54) is 13.0 Å². The number of fused-ring (bicyclic) bond motifs is 1. The molecule has 92 valence electrons. The summed E-state index contributed by atoms with van der Waals surface area (Å²) in [4.78, 5) is 11.2. The molecule has 0 amide bonds. The lowest BCUT2D eigenvalue weighted by atomic mass is 10.0. The monoisotopic (exact) mass is 318 g/mol. The molecule has 0 bridgehead atoms. The van der Waals surface area contributed by atoms with Crippen LogP contribution in [0.1, 0.15) is 12.5 Å². The van der Waals surface area contributed by atoms with Gasteiger partial charge in [-0.3, -0.25) is 4.79 Å². The average molecular weight is 319 g/mol. The minimum atomic E-state index is -3.52. The predicted molar refractivity (Wildman–Crippen MR) is 65.6 cm³/mol.